The van der Waals surface area contributed by atoms with Gasteiger partial charge in [-0.1, -0.05) is 30.3 Å². The van der Waals surface area contributed by atoms with Crippen LogP contribution in [0.25, 0.3) is 0 Å². The molecule has 64 valence electrons. The molecule has 12 heavy (non-hydrogen) atoms. The fraction of sp³-hybridized carbons (Fsp3) is 0.400. The third-order valence-corrected chi connectivity index (χ3v) is 2.05. The van der Waals surface area contributed by atoms with Crippen LogP contribution in [0.3, 0.4) is 0 Å². The van der Waals surface area contributed by atoms with E-state index in [9.17, 15) is 0 Å². The van der Waals surface area contributed by atoms with Crippen LogP contribution < -0.4 is 5.32 Å². The van der Waals surface area contributed by atoms with Crippen LogP contribution in [-0.4, -0.2) is 12.6 Å². The lowest BCUT2D eigenvalue weighted by Crippen LogP contribution is -2.22. The van der Waals surface area contributed by atoms with Gasteiger partial charge in [0.15, 0.2) is 0 Å². The van der Waals surface area contributed by atoms with Crippen molar-refractivity contribution in [3.63, 3.8) is 0 Å². The average molecular weight is 163 g/mol. The Morgan fingerprint density at radius 2 is 2.08 bits per heavy atom. The van der Waals surface area contributed by atoms with Gasteiger partial charge in [-0.15, -0.1) is 0 Å². The third kappa shape index (κ3) is 1.49. The highest BCUT2D eigenvalue weighted by molar-refractivity contribution is 5.17. The zero-order valence-corrected chi connectivity index (χ0v) is 7.16. The van der Waals surface area contributed by atoms with Crippen molar-refractivity contribution in [2.45, 2.75) is 19.2 Å². The molecular weight excluding hydrogens is 150 g/mol. The van der Waals surface area contributed by atoms with Crippen LogP contribution in [0.15, 0.2) is 30.3 Å². The summed E-state index contributed by atoms with van der Waals surface area (Å²) in [6, 6.07) is 10.7. The van der Waals surface area contributed by atoms with Gasteiger partial charge in [-0.2, -0.15) is 0 Å². The van der Waals surface area contributed by atoms with E-state index in [0.717, 1.165) is 6.61 Å². The molecular formula is C10H13NO. The first-order chi connectivity index (χ1) is 5.86. The van der Waals surface area contributed by atoms with Crippen molar-refractivity contribution in [1.29, 1.82) is 0 Å². The van der Waals surface area contributed by atoms with Crippen molar-refractivity contribution in [3.8, 4) is 0 Å². The summed E-state index contributed by atoms with van der Waals surface area (Å²) < 4.78 is 5.54. The topological polar surface area (TPSA) is 21.3 Å². The largest absolute Gasteiger partial charge is 0.357 e. The Morgan fingerprint density at radius 1 is 1.33 bits per heavy atom. The third-order valence-electron chi connectivity index (χ3n) is 2.05. The number of benzene rings is 1. The quantitative estimate of drug-likeness (QED) is 0.680. The van der Waals surface area contributed by atoms with Crippen LogP contribution in [0.1, 0.15) is 18.7 Å². The molecule has 0 aromatic heterocycles. The van der Waals surface area contributed by atoms with Crippen LogP contribution in [0.5, 0.6) is 0 Å². The molecule has 1 aromatic rings. The minimum atomic E-state index is 0.0983. The van der Waals surface area contributed by atoms with Gasteiger partial charge in [0.05, 0.1) is 6.61 Å². The standard InChI is InChI=1S/C10H13NO/c1-8-7-12-10(11-8)9-5-3-2-4-6-9/h2-6,8,10-11H,7H2,1H3/t8-,10?/m1/s1. The number of hydrogen-bond donors (Lipinski definition) is 1. The molecule has 0 bridgehead atoms. The van der Waals surface area contributed by atoms with E-state index in [1.807, 2.05) is 18.2 Å². The summed E-state index contributed by atoms with van der Waals surface area (Å²) in [6.45, 7) is 2.93. The molecule has 1 fully saturated rings. The second-order valence-electron chi connectivity index (χ2n) is 3.19. The molecule has 2 heteroatoms. The van der Waals surface area contributed by atoms with Crippen LogP contribution in [-0.2, 0) is 4.74 Å². The molecule has 1 saturated heterocycles. The number of rotatable bonds is 1. The Balaban J connectivity index is 2.11. The molecule has 0 radical (unpaired) electrons. The lowest BCUT2D eigenvalue weighted by molar-refractivity contribution is 0.101. The molecule has 0 aliphatic carbocycles. The predicted octanol–water partition coefficient (Wildman–Crippen LogP) is 1.69. The molecule has 2 atom stereocenters. The first-order valence-corrected chi connectivity index (χ1v) is 4.29. The van der Waals surface area contributed by atoms with Crippen molar-refractivity contribution in [2.24, 2.45) is 0 Å². The lowest BCUT2D eigenvalue weighted by atomic mass is 10.2. The maximum atomic E-state index is 5.54. The highest BCUT2D eigenvalue weighted by Crippen LogP contribution is 2.19. The summed E-state index contributed by atoms with van der Waals surface area (Å²) in [7, 11) is 0. The minimum Gasteiger partial charge on any atom is -0.357 e. The maximum Gasteiger partial charge on any atom is 0.134 e. The van der Waals surface area contributed by atoms with E-state index in [4.69, 9.17) is 4.74 Å². The predicted molar refractivity (Wildman–Crippen MR) is 47.7 cm³/mol. The second kappa shape index (κ2) is 3.25. The van der Waals surface area contributed by atoms with Crippen LogP contribution >= 0.6 is 0 Å². The van der Waals surface area contributed by atoms with Gasteiger partial charge in [-0.05, 0) is 12.5 Å². The van der Waals surface area contributed by atoms with Gasteiger partial charge in [0, 0.05) is 6.04 Å². The first kappa shape index (κ1) is 7.77. The van der Waals surface area contributed by atoms with Crippen molar-refractivity contribution in [3.05, 3.63) is 35.9 Å². The van der Waals surface area contributed by atoms with E-state index >= 15 is 0 Å². The average Bonchev–Trinajstić information content (AvgIpc) is 2.54. The summed E-state index contributed by atoms with van der Waals surface area (Å²) in [5.74, 6) is 0. The number of nitrogens with one attached hydrogen (secondary N) is 1. The minimum absolute atomic E-state index is 0.0983. The van der Waals surface area contributed by atoms with Gasteiger partial charge >= 0.3 is 0 Å². The van der Waals surface area contributed by atoms with Gasteiger partial charge in [-0.3, -0.25) is 5.32 Å². The van der Waals surface area contributed by atoms with Crippen LogP contribution in [0.2, 0.25) is 0 Å². The molecule has 1 aliphatic heterocycles. The van der Waals surface area contributed by atoms with E-state index in [1.54, 1.807) is 0 Å². The highest BCUT2D eigenvalue weighted by atomic mass is 16.5. The fourth-order valence-electron chi connectivity index (χ4n) is 1.42. The normalized spacial score (nSPS) is 29.1. The van der Waals surface area contributed by atoms with Crippen molar-refractivity contribution in [2.75, 3.05) is 6.61 Å². The number of hydrogen-bond acceptors (Lipinski definition) is 2. The monoisotopic (exact) mass is 163 g/mol. The van der Waals surface area contributed by atoms with E-state index in [-0.39, 0.29) is 6.23 Å². The molecule has 0 spiro atoms. The molecule has 0 saturated carbocycles. The zero-order chi connectivity index (χ0) is 8.39. The molecule has 1 heterocycles. The van der Waals surface area contributed by atoms with Crippen molar-refractivity contribution in [1.82, 2.24) is 5.32 Å². The fourth-order valence-corrected chi connectivity index (χ4v) is 1.42. The van der Waals surface area contributed by atoms with Gasteiger partial charge in [-0.25, -0.2) is 0 Å². The van der Waals surface area contributed by atoms with Crippen molar-refractivity contribution >= 4 is 0 Å². The maximum absolute atomic E-state index is 5.54. The Kier molecular flexibility index (Phi) is 2.11. The number of ether oxygens (including phenoxy) is 1. The van der Waals surface area contributed by atoms with Crippen LogP contribution in [0, 0.1) is 0 Å². The van der Waals surface area contributed by atoms with E-state index in [2.05, 4.69) is 24.4 Å². The summed E-state index contributed by atoms with van der Waals surface area (Å²) in [5.41, 5.74) is 1.21. The van der Waals surface area contributed by atoms with Gasteiger partial charge < -0.3 is 4.74 Å². The Bertz CT molecular complexity index is 247. The molecule has 1 N–H and O–H groups in total. The second-order valence-corrected chi connectivity index (χ2v) is 3.19. The smallest absolute Gasteiger partial charge is 0.134 e. The van der Waals surface area contributed by atoms with E-state index in [1.165, 1.54) is 5.56 Å². The van der Waals surface area contributed by atoms with E-state index in [0.29, 0.717) is 6.04 Å². The summed E-state index contributed by atoms with van der Waals surface area (Å²) in [6.07, 6.45) is 0.0983. The van der Waals surface area contributed by atoms with Gasteiger partial charge in [0.2, 0.25) is 0 Å². The van der Waals surface area contributed by atoms with Gasteiger partial charge in [0.25, 0.3) is 0 Å². The highest BCUT2D eigenvalue weighted by Gasteiger charge is 2.21. The molecule has 2 nitrogen and oxygen atoms in total. The molecule has 1 aliphatic rings. The summed E-state index contributed by atoms with van der Waals surface area (Å²) in [4.78, 5) is 0. The van der Waals surface area contributed by atoms with Gasteiger partial charge in [0.1, 0.15) is 6.23 Å². The Hall–Kier alpha value is -0.860. The first-order valence-electron chi connectivity index (χ1n) is 4.29. The zero-order valence-electron chi connectivity index (χ0n) is 7.16. The molecule has 0 amide bonds. The molecule has 2 rings (SSSR count). The Labute approximate surface area is 72.5 Å². The van der Waals surface area contributed by atoms with Crippen LogP contribution in [0.4, 0.5) is 0 Å². The molecule has 1 unspecified atom stereocenters. The summed E-state index contributed by atoms with van der Waals surface area (Å²) in [5, 5.41) is 3.35. The SMILES string of the molecule is C[C@@H]1COC(c2ccccc2)N1. The Morgan fingerprint density at radius 3 is 2.67 bits per heavy atom. The summed E-state index contributed by atoms with van der Waals surface area (Å²) >= 11 is 0. The lowest BCUT2D eigenvalue weighted by Gasteiger charge is -2.09. The van der Waals surface area contributed by atoms with E-state index < -0.39 is 0 Å². The molecule has 1 aromatic carbocycles. The van der Waals surface area contributed by atoms with Crippen molar-refractivity contribution < 1.29 is 4.74 Å².